The first-order valence-corrected chi connectivity index (χ1v) is 12.5. The second kappa shape index (κ2) is 9.85. The molecule has 3 N–H and O–H groups in total. The largest absolute Gasteiger partial charge is 0.379 e. The number of nitrogens with two attached hydrogens (primary N) is 1. The molecule has 1 amide bonds. The van der Waals surface area contributed by atoms with Gasteiger partial charge in [0.05, 0.1) is 60.8 Å². The highest BCUT2D eigenvalue weighted by Crippen LogP contribution is 2.32. The lowest BCUT2D eigenvalue weighted by Crippen LogP contribution is -2.36. The zero-order chi connectivity index (χ0) is 24.5. The zero-order valence-corrected chi connectivity index (χ0v) is 20.2. The summed E-state index contributed by atoms with van der Waals surface area (Å²) in [4.78, 5) is 29.8. The summed E-state index contributed by atoms with van der Waals surface area (Å²) in [5.41, 5.74) is 13.0. The molecule has 2 aliphatic heterocycles. The Kier molecular flexibility index (Phi) is 6.27. The number of primary amides is 1. The van der Waals surface area contributed by atoms with Crippen LogP contribution in [0.2, 0.25) is 0 Å². The lowest BCUT2D eigenvalue weighted by molar-refractivity contribution is -0.117. The first kappa shape index (κ1) is 22.9. The molecule has 2 fully saturated rings. The van der Waals surface area contributed by atoms with Crippen molar-refractivity contribution < 1.29 is 14.3 Å². The molecule has 0 aliphatic carbocycles. The fourth-order valence-electron chi connectivity index (χ4n) is 5.06. The Morgan fingerprint density at radius 2 is 1.78 bits per heavy atom. The van der Waals surface area contributed by atoms with Crippen LogP contribution in [0.3, 0.4) is 0 Å². The van der Waals surface area contributed by atoms with Crippen molar-refractivity contribution in [1.29, 1.82) is 0 Å². The highest BCUT2D eigenvalue weighted by atomic mass is 16.5. The number of carbonyl (C=O) groups excluding carboxylic acids is 1. The molecule has 36 heavy (non-hydrogen) atoms. The number of amides is 1. The number of anilines is 1. The first-order valence-electron chi connectivity index (χ1n) is 12.5. The van der Waals surface area contributed by atoms with Crippen LogP contribution < -0.4 is 10.6 Å². The van der Waals surface area contributed by atoms with Crippen LogP contribution in [0.4, 0.5) is 5.69 Å². The molecule has 4 aromatic rings. The molecule has 9 heteroatoms. The average molecular weight is 487 g/mol. The maximum absolute atomic E-state index is 11.9. The maximum Gasteiger partial charge on any atom is 0.221 e. The van der Waals surface area contributed by atoms with Gasteiger partial charge in [-0.25, -0.2) is 4.98 Å². The van der Waals surface area contributed by atoms with E-state index in [9.17, 15) is 4.79 Å². The molecule has 5 heterocycles. The minimum Gasteiger partial charge on any atom is -0.379 e. The topological polar surface area (TPSA) is 110 Å². The van der Waals surface area contributed by atoms with Gasteiger partial charge in [-0.3, -0.25) is 14.7 Å². The first-order chi connectivity index (χ1) is 17.6. The van der Waals surface area contributed by atoms with E-state index in [0.717, 1.165) is 109 Å². The average Bonchev–Trinajstić information content (AvgIpc) is 3.28. The molecule has 0 atom stereocenters. The van der Waals surface area contributed by atoms with Gasteiger partial charge in [-0.1, -0.05) is 0 Å². The van der Waals surface area contributed by atoms with Crippen LogP contribution >= 0.6 is 0 Å². The smallest absolute Gasteiger partial charge is 0.221 e. The van der Waals surface area contributed by atoms with Gasteiger partial charge in [0.25, 0.3) is 0 Å². The number of hydrogen-bond donors (Lipinski definition) is 2. The van der Waals surface area contributed by atoms with E-state index in [2.05, 4.69) is 39.0 Å². The Bertz CT molecular complexity index is 1390. The number of H-pyrrole nitrogens is 1. The van der Waals surface area contributed by atoms with Gasteiger partial charge in [-0.2, -0.15) is 0 Å². The molecule has 0 unspecified atom stereocenters. The summed E-state index contributed by atoms with van der Waals surface area (Å²) < 4.78 is 10.9. The third-order valence-electron chi connectivity index (χ3n) is 6.97. The summed E-state index contributed by atoms with van der Waals surface area (Å²) in [5.74, 6) is -0.375. The normalized spacial score (nSPS) is 17.2. The molecule has 0 bridgehead atoms. The Labute approximate surface area is 209 Å². The fourth-order valence-corrected chi connectivity index (χ4v) is 5.06. The van der Waals surface area contributed by atoms with Crippen LogP contribution in [-0.4, -0.2) is 78.4 Å². The van der Waals surface area contributed by atoms with E-state index in [1.54, 1.807) is 0 Å². The Morgan fingerprint density at radius 3 is 2.50 bits per heavy atom. The Hall–Kier alpha value is -3.53. The van der Waals surface area contributed by atoms with Crippen molar-refractivity contribution in [2.45, 2.75) is 13.0 Å². The number of nitrogens with one attached hydrogen (secondary N) is 1. The minimum atomic E-state index is -0.375. The predicted molar refractivity (Wildman–Crippen MR) is 139 cm³/mol. The minimum absolute atomic E-state index is 0.137. The lowest BCUT2D eigenvalue weighted by Gasteiger charge is -2.28. The molecule has 2 aliphatic rings. The summed E-state index contributed by atoms with van der Waals surface area (Å²) in [6.07, 6.45) is 2.00. The maximum atomic E-state index is 11.9. The van der Waals surface area contributed by atoms with E-state index < -0.39 is 0 Å². The predicted octanol–water partition coefficient (Wildman–Crippen LogP) is 2.47. The lowest BCUT2D eigenvalue weighted by atomic mass is 10.1. The number of benzene rings is 1. The summed E-state index contributed by atoms with van der Waals surface area (Å²) in [6, 6.07) is 12.4. The highest BCUT2D eigenvalue weighted by molar-refractivity contribution is 6.08. The molecule has 6 rings (SSSR count). The number of hydrogen-bond acceptors (Lipinski definition) is 7. The molecule has 0 saturated carbocycles. The molecular weight excluding hydrogens is 456 g/mol. The molecule has 1 aromatic carbocycles. The van der Waals surface area contributed by atoms with Gasteiger partial charge in [0.2, 0.25) is 5.91 Å². The van der Waals surface area contributed by atoms with Gasteiger partial charge < -0.3 is 25.1 Å². The van der Waals surface area contributed by atoms with Crippen molar-refractivity contribution >= 4 is 33.5 Å². The number of morpholine rings is 2. The number of pyridine rings is 2. The van der Waals surface area contributed by atoms with E-state index in [1.807, 2.05) is 18.3 Å². The summed E-state index contributed by atoms with van der Waals surface area (Å²) in [6.45, 7) is 7.39. The third-order valence-corrected chi connectivity index (χ3v) is 6.97. The second-order valence-corrected chi connectivity index (χ2v) is 9.41. The van der Waals surface area contributed by atoms with Gasteiger partial charge in [0.1, 0.15) is 0 Å². The third kappa shape index (κ3) is 4.65. The molecule has 0 spiro atoms. The molecule has 9 nitrogen and oxygen atoms in total. The standard InChI is InChI=1S/C27H30N6O3/c28-25(34)14-19-13-23(18-1-2-20(29-16-18)17-32-5-9-35-10-6-32)30-27-22-4-3-21(15-24(22)31-26(19)27)33-7-11-36-12-8-33/h1-4,13,15-16,31H,5-12,14,17H2,(H2,28,34). The molecular formula is C27H30N6O3. The molecule has 3 aromatic heterocycles. The van der Waals surface area contributed by atoms with Crippen LogP contribution in [0.15, 0.2) is 42.6 Å². The van der Waals surface area contributed by atoms with Gasteiger partial charge in [0.15, 0.2) is 0 Å². The van der Waals surface area contributed by atoms with Crippen molar-refractivity contribution in [3.05, 3.63) is 53.9 Å². The van der Waals surface area contributed by atoms with E-state index in [1.165, 1.54) is 0 Å². The van der Waals surface area contributed by atoms with Gasteiger partial charge in [-0.15, -0.1) is 0 Å². The fraction of sp³-hybridized carbons (Fsp3) is 0.370. The quantitative estimate of drug-likeness (QED) is 0.431. The highest BCUT2D eigenvalue weighted by Gasteiger charge is 2.18. The van der Waals surface area contributed by atoms with Crippen molar-refractivity contribution in [3.8, 4) is 11.3 Å². The van der Waals surface area contributed by atoms with Crippen LogP contribution in [0, 0.1) is 0 Å². The summed E-state index contributed by atoms with van der Waals surface area (Å²) in [7, 11) is 0. The number of rotatable bonds is 6. The number of ether oxygens (including phenoxy) is 2. The molecule has 0 radical (unpaired) electrons. The van der Waals surface area contributed by atoms with Crippen LogP contribution in [0.5, 0.6) is 0 Å². The van der Waals surface area contributed by atoms with Crippen LogP contribution in [0.25, 0.3) is 33.2 Å². The van der Waals surface area contributed by atoms with E-state index >= 15 is 0 Å². The monoisotopic (exact) mass is 486 g/mol. The van der Waals surface area contributed by atoms with Crippen LogP contribution in [-0.2, 0) is 27.2 Å². The molecule has 186 valence electrons. The second-order valence-electron chi connectivity index (χ2n) is 9.41. The Morgan fingerprint density at radius 1 is 1.00 bits per heavy atom. The number of aromatic amines is 1. The van der Waals surface area contributed by atoms with Crippen molar-refractivity contribution in [2.75, 3.05) is 57.5 Å². The van der Waals surface area contributed by atoms with Gasteiger partial charge in [-0.05, 0) is 42.0 Å². The molecule has 2 saturated heterocycles. The van der Waals surface area contributed by atoms with Crippen molar-refractivity contribution in [1.82, 2.24) is 19.9 Å². The number of carbonyl (C=O) groups is 1. The summed E-state index contributed by atoms with van der Waals surface area (Å²) in [5, 5.41) is 1.02. The Balaban J connectivity index is 1.36. The van der Waals surface area contributed by atoms with Crippen molar-refractivity contribution in [3.63, 3.8) is 0 Å². The zero-order valence-electron chi connectivity index (χ0n) is 20.2. The van der Waals surface area contributed by atoms with Gasteiger partial charge in [0, 0.05) is 55.6 Å². The number of fused-ring (bicyclic) bond motifs is 3. The SMILES string of the molecule is NC(=O)Cc1cc(-c2ccc(CN3CCOCC3)nc2)nc2c1[nH]c1cc(N3CCOCC3)ccc12. The van der Waals surface area contributed by atoms with Crippen molar-refractivity contribution in [2.24, 2.45) is 5.73 Å². The van der Waals surface area contributed by atoms with E-state index in [-0.39, 0.29) is 12.3 Å². The van der Waals surface area contributed by atoms with E-state index in [0.29, 0.717) is 0 Å². The van der Waals surface area contributed by atoms with Gasteiger partial charge >= 0.3 is 0 Å². The van der Waals surface area contributed by atoms with E-state index in [4.69, 9.17) is 25.2 Å². The number of aromatic nitrogens is 3. The summed E-state index contributed by atoms with van der Waals surface area (Å²) >= 11 is 0. The van der Waals surface area contributed by atoms with Crippen LogP contribution in [0.1, 0.15) is 11.3 Å². The number of nitrogens with zero attached hydrogens (tertiary/aromatic N) is 4.